The molecular formula is C15H12. The lowest BCUT2D eigenvalue weighted by atomic mass is 10.0. The van der Waals surface area contributed by atoms with Crippen LogP contribution in [0.5, 0.6) is 0 Å². The molecule has 0 fully saturated rings. The monoisotopic (exact) mass is 192 g/mol. The van der Waals surface area contributed by atoms with Crippen molar-refractivity contribution in [1.82, 2.24) is 0 Å². The lowest BCUT2D eigenvalue weighted by molar-refractivity contribution is 1.47. The molecule has 0 aliphatic rings. The van der Waals surface area contributed by atoms with E-state index in [9.17, 15) is 0 Å². The van der Waals surface area contributed by atoms with Gasteiger partial charge in [0.05, 0.1) is 0 Å². The molecule has 0 aliphatic carbocycles. The largest absolute Gasteiger partial charge is 0.115 e. The van der Waals surface area contributed by atoms with Crippen LogP contribution in [-0.4, -0.2) is 0 Å². The number of rotatable bonds is 1. The van der Waals surface area contributed by atoms with Crippen LogP contribution in [0.15, 0.2) is 48.5 Å². The van der Waals surface area contributed by atoms with E-state index in [0.29, 0.717) is 0 Å². The first-order valence-electron chi connectivity index (χ1n) is 4.93. The predicted molar refractivity (Wildman–Crippen MR) is 64.6 cm³/mol. The third kappa shape index (κ3) is 2.08. The Balaban J connectivity index is 2.46. The minimum atomic E-state index is 0.924. The van der Waals surface area contributed by atoms with Crippen LogP contribution in [0.2, 0.25) is 0 Å². The molecule has 2 aromatic rings. The standard InChI is InChI=1S/C15H12/c1-3-13-5-4-6-15(11-13)14-9-7-12(2)8-10-14/h1,4-11H,2H3. The number of benzene rings is 2. The van der Waals surface area contributed by atoms with Crippen molar-refractivity contribution in [2.24, 2.45) is 0 Å². The van der Waals surface area contributed by atoms with Gasteiger partial charge in [0.2, 0.25) is 0 Å². The second-order valence-electron chi connectivity index (χ2n) is 3.59. The van der Waals surface area contributed by atoms with Gasteiger partial charge in [-0.25, -0.2) is 0 Å². The van der Waals surface area contributed by atoms with Gasteiger partial charge in [-0.1, -0.05) is 47.9 Å². The van der Waals surface area contributed by atoms with Crippen LogP contribution in [0.4, 0.5) is 0 Å². The molecule has 0 N–H and O–H groups in total. The summed E-state index contributed by atoms with van der Waals surface area (Å²) < 4.78 is 0. The first kappa shape index (κ1) is 9.55. The van der Waals surface area contributed by atoms with E-state index in [2.05, 4.69) is 43.2 Å². The number of aryl methyl sites for hydroxylation is 1. The quantitative estimate of drug-likeness (QED) is 0.605. The maximum atomic E-state index is 5.37. The van der Waals surface area contributed by atoms with Crippen LogP contribution >= 0.6 is 0 Å². The summed E-state index contributed by atoms with van der Waals surface area (Å²) >= 11 is 0. The number of terminal acetylenes is 1. The summed E-state index contributed by atoms with van der Waals surface area (Å²) in [5, 5.41) is 0. The maximum Gasteiger partial charge on any atom is 0.0248 e. The van der Waals surface area contributed by atoms with E-state index in [1.807, 2.05) is 18.2 Å². The lowest BCUT2D eigenvalue weighted by Gasteiger charge is -2.02. The molecule has 0 amide bonds. The maximum absolute atomic E-state index is 5.37. The molecule has 2 rings (SSSR count). The molecule has 0 nitrogen and oxygen atoms in total. The summed E-state index contributed by atoms with van der Waals surface area (Å²) in [6, 6.07) is 16.5. The molecule has 0 radical (unpaired) electrons. The van der Waals surface area contributed by atoms with Crippen LogP contribution in [-0.2, 0) is 0 Å². The molecule has 2 aromatic carbocycles. The van der Waals surface area contributed by atoms with Crippen LogP contribution in [0.1, 0.15) is 11.1 Å². The topological polar surface area (TPSA) is 0 Å². The van der Waals surface area contributed by atoms with Gasteiger partial charge in [0.15, 0.2) is 0 Å². The Morgan fingerprint density at radius 1 is 0.933 bits per heavy atom. The normalized spacial score (nSPS) is 9.60. The molecule has 72 valence electrons. The second kappa shape index (κ2) is 4.02. The van der Waals surface area contributed by atoms with Crippen molar-refractivity contribution in [3.05, 3.63) is 59.7 Å². The summed E-state index contributed by atoms with van der Waals surface area (Å²) in [6.45, 7) is 2.08. The molecule has 0 saturated heterocycles. The van der Waals surface area contributed by atoms with Crippen LogP contribution < -0.4 is 0 Å². The minimum Gasteiger partial charge on any atom is -0.115 e. The van der Waals surface area contributed by atoms with Crippen molar-refractivity contribution < 1.29 is 0 Å². The fourth-order valence-electron chi connectivity index (χ4n) is 1.53. The molecule has 0 heteroatoms. The van der Waals surface area contributed by atoms with Gasteiger partial charge < -0.3 is 0 Å². The van der Waals surface area contributed by atoms with Crippen molar-refractivity contribution in [3.63, 3.8) is 0 Å². The van der Waals surface area contributed by atoms with Crippen molar-refractivity contribution >= 4 is 0 Å². The van der Waals surface area contributed by atoms with Crippen molar-refractivity contribution in [3.8, 4) is 23.5 Å². The molecule has 0 unspecified atom stereocenters. The fraction of sp³-hybridized carbons (Fsp3) is 0.0667. The smallest absolute Gasteiger partial charge is 0.0248 e. The third-order valence-electron chi connectivity index (χ3n) is 2.41. The van der Waals surface area contributed by atoms with E-state index in [4.69, 9.17) is 6.42 Å². The highest BCUT2D eigenvalue weighted by Crippen LogP contribution is 2.20. The van der Waals surface area contributed by atoms with Gasteiger partial charge in [-0.15, -0.1) is 6.42 Å². The second-order valence-corrected chi connectivity index (χ2v) is 3.59. The zero-order valence-electron chi connectivity index (χ0n) is 8.70. The van der Waals surface area contributed by atoms with Crippen molar-refractivity contribution in [2.45, 2.75) is 6.92 Å². The highest BCUT2D eigenvalue weighted by Gasteiger charge is 1.97. The zero-order chi connectivity index (χ0) is 10.7. The van der Waals surface area contributed by atoms with E-state index >= 15 is 0 Å². The summed E-state index contributed by atoms with van der Waals surface area (Å²) in [6.07, 6.45) is 5.37. The fourth-order valence-corrected chi connectivity index (χ4v) is 1.53. The molecule has 0 aromatic heterocycles. The molecule has 0 heterocycles. The summed E-state index contributed by atoms with van der Waals surface area (Å²) in [4.78, 5) is 0. The van der Waals surface area contributed by atoms with Crippen LogP contribution in [0.25, 0.3) is 11.1 Å². The number of hydrogen-bond donors (Lipinski definition) is 0. The van der Waals surface area contributed by atoms with Gasteiger partial charge in [0.1, 0.15) is 0 Å². The van der Waals surface area contributed by atoms with Gasteiger partial charge in [0, 0.05) is 5.56 Å². The first-order valence-corrected chi connectivity index (χ1v) is 4.93. The van der Waals surface area contributed by atoms with Crippen LogP contribution in [0.3, 0.4) is 0 Å². The molecule has 0 spiro atoms. The van der Waals surface area contributed by atoms with Crippen LogP contribution in [0, 0.1) is 19.3 Å². The SMILES string of the molecule is C#Cc1cccc(-c2ccc(C)cc2)c1. The average Bonchev–Trinajstić information content (AvgIpc) is 2.30. The van der Waals surface area contributed by atoms with Gasteiger partial charge in [-0.3, -0.25) is 0 Å². The Bertz CT molecular complexity index is 498. The highest BCUT2D eigenvalue weighted by atomic mass is 14.0. The van der Waals surface area contributed by atoms with Crippen molar-refractivity contribution in [1.29, 1.82) is 0 Å². The van der Waals surface area contributed by atoms with E-state index in [1.165, 1.54) is 16.7 Å². The van der Waals surface area contributed by atoms with Gasteiger partial charge in [-0.05, 0) is 30.2 Å². The Morgan fingerprint density at radius 3 is 2.33 bits per heavy atom. The van der Waals surface area contributed by atoms with Crippen molar-refractivity contribution in [2.75, 3.05) is 0 Å². The Kier molecular flexibility index (Phi) is 2.56. The molecular weight excluding hydrogens is 180 g/mol. The van der Waals surface area contributed by atoms with Gasteiger partial charge in [0.25, 0.3) is 0 Å². The third-order valence-corrected chi connectivity index (χ3v) is 2.41. The highest BCUT2D eigenvalue weighted by molar-refractivity contribution is 5.65. The summed E-state index contributed by atoms with van der Waals surface area (Å²) in [5.41, 5.74) is 4.57. The first-order chi connectivity index (χ1) is 7.29. The Hall–Kier alpha value is -2.00. The Labute approximate surface area is 90.6 Å². The molecule has 0 atom stereocenters. The summed E-state index contributed by atoms with van der Waals surface area (Å²) in [7, 11) is 0. The predicted octanol–water partition coefficient (Wildman–Crippen LogP) is 3.64. The lowest BCUT2D eigenvalue weighted by Crippen LogP contribution is -1.80. The van der Waals surface area contributed by atoms with Gasteiger partial charge >= 0.3 is 0 Å². The van der Waals surface area contributed by atoms with E-state index in [0.717, 1.165) is 5.56 Å². The number of hydrogen-bond acceptors (Lipinski definition) is 0. The van der Waals surface area contributed by atoms with Gasteiger partial charge in [-0.2, -0.15) is 0 Å². The molecule has 0 aliphatic heterocycles. The minimum absolute atomic E-state index is 0.924. The van der Waals surface area contributed by atoms with E-state index < -0.39 is 0 Å². The van der Waals surface area contributed by atoms with E-state index in [1.54, 1.807) is 0 Å². The summed E-state index contributed by atoms with van der Waals surface area (Å²) in [5.74, 6) is 2.65. The average molecular weight is 192 g/mol. The van der Waals surface area contributed by atoms with E-state index in [-0.39, 0.29) is 0 Å². The zero-order valence-corrected chi connectivity index (χ0v) is 8.70. The molecule has 0 saturated carbocycles. The molecule has 15 heavy (non-hydrogen) atoms. The molecule has 0 bridgehead atoms. The Morgan fingerprint density at radius 2 is 1.67 bits per heavy atom.